The number of benzene rings is 2. The van der Waals surface area contributed by atoms with E-state index in [1.807, 2.05) is 24.3 Å². The highest BCUT2D eigenvalue weighted by Crippen LogP contribution is 2.28. The molecule has 0 aliphatic heterocycles. The number of hydrogen-bond donors (Lipinski definition) is 2. The molecule has 0 aromatic heterocycles. The minimum absolute atomic E-state index is 0. The number of aryl methyl sites for hydroxylation is 2. The van der Waals surface area contributed by atoms with E-state index in [1.165, 1.54) is 16.7 Å². The molecule has 19 heavy (non-hydrogen) atoms. The molecule has 0 unspecified atom stereocenters. The van der Waals surface area contributed by atoms with Crippen LogP contribution in [0, 0.1) is 20.8 Å². The molecule has 3 N–H and O–H groups in total. The molecule has 0 aliphatic carbocycles. The molecule has 0 atom stereocenters. The average Bonchev–Trinajstić information content (AvgIpc) is 2.36. The number of nitrogens with one attached hydrogen (secondary N) is 1. The fourth-order valence-corrected chi connectivity index (χ4v) is 1.85. The Labute approximate surface area is 120 Å². The Morgan fingerprint density at radius 1 is 1.00 bits per heavy atom. The Kier molecular flexibility index (Phi) is 5.21. The van der Waals surface area contributed by atoms with E-state index in [1.54, 1.807) is 0 Å². The van der Waals surface area contributed by atoms with Gasteiger partial charge in [0.05, 0.1) is 0 Å². The van der Waals surface area contributed by atoms with Gasteiger partial charge in [0.25, 0.3) is 0 Å². The number of hydrazine groups is 1. The van der Waals surface area contributed by atoms with Gasteiger partial charge in [-0.25, -0.2) is 0 Å². The number of rotatable bonds is 3. The van der Waals surface area contributed by atoms with Crippen LogP contribution in [0.4, 0.5) is 5.69 Å². The molecular formula is C15H19ClN2O. The second kappa shape index (κ2) is 6.45. The quantitative estimate of drug-likeness (QED) is 0.656. The van der Waals surface area contributed by atoms with Crippen LogP contribution in [0.2, 0.25) is 0 Å². The Morgan fingerprint density at radius 2 is 1.63 bits per heavy atom. The zero-order valence-electron chi connectivity index (χ0n) is 11.4. The molecule has 0 spiro atoms. The van der Waals surface area contributed by atoms with Crippen LogP contribution >= 0.6 is 12.4 Å². The molecule has 0 saturated heterocycles. The van der Waals surface area contributed by atoms with Crippen LogP contribution in [0.1, 0.15) is 16.7 Å². The van der Waals surface area contributed by atoms with Gasteiger partial charge in [0.2, 0.25) is 0 Å². The van der Waals surface area contributed by atoms with Gasteiger partial charge in [-0.15, -0.1) is 12.4 Å². The van der Waals surface area contributed by atoms with E-state index in [0.29, 0.717) is 0 Å². The number of ether oxygens (including phenoxy) is 1. The van der Waals surface area contributed by atoms with Gasteiger partial charge in [-0.1, -0.05) is 6.07 Å². The van der Waals surface area contributed by atoms with Crippen LogP contribution in [0.5, 0.6) is 11.5 Å². The third-order valence-corrected chi connectivity index (χ3v) is 3.01. The van der Waals surface area contributed by atoms with E-state index < -0.39 is 0 Å². The second-order valence-corrected chi connectivity index (χ2v) is 4.48. The zero-order chi connectivity index (χ0) is 13.1. The highest BCUT2D eigenvalue weighted by molar-refractivity contribution is 5.85. The van der Waals surface area contributed by atoms with Crippen LogP contribution in [0.25, 0.3) is 0 Å². The first-order valence-electron chi connectivity index (χ1n) is 5.92. The standard InChI is InChI=1S/C15H18N2O.ClH/c1-10-8-11(2)12(3)15(9-10)18-14-6-4-13(17-16)5-7-14;/h4-9,17H,16H2,1-3H3;1H. The van der Waals surface area contributed by atoms with Gasteiger partial charge < -0.3 is 10.2 Å². The van der Waals surface area contributed by atoms with Crippen molar-refractivity contribution in [1.29, 1.82) is 0 Å². The van der Waals surface area contributed by atoms with Crippen LogP contribution in [0.15, 0.2) is 36.4 Å². The minimum atomic E-state index is 0. The van der Waals surface area contributed by atoms with Crippen LogP contribution in [0.3, 0.4) is 0 Å². The van der Waals surface area contributed by atoms with Crippen LogP contribution < -0.4 is 16.0 Å². The Bertz CT molecular complexity index is 553. The number of nitrogen functional groups attached to an aromatic ring is 1. The predicted molar refractivity (Wildman–Crippen MR) is 82.2 cm³/mol. The van der Waals surface area contributed by atoms with Crippen molar-refractivity contribution in [2.24, 2.45) is 5.84 Å². The van der Waals surface area contributed by atoms with Crippen molar-refractivity contribution in [1.82, 2.24) is 0 Å². The van der Waals surface area contributed by atoms with Crippen molar-refractivity contribution in [3.63, 3.8) is 0 Å². The van der Waals surface area contributed by atoms with Gasteiger partial charge in [0.1, 0.15) is 11.5 Å². The van der Waals surface area contributed by atoms with Gasteiger partial charge in [0, 0.05) is 5.69 Å². The third-order valence-electron chi connectivity index (χ3n) is 3.01. The molecule has 0 fully saturated rings. The molecule has 4 heteroatoms. The molecule has 2 rings (SSSR count). The summed E-state index contributed by atoms with van der Waals surface area (Å²) in [6.07, 6.45) is 0. The van der Waals surface area contributed by atoms with Gasteiger partial charge in [0.15, 0.2) is 0 Å². The number of halogens is 1. The van der Waals surface area contributed by atoms with E-state index in [0.717, 1.165) is 17.2 Å². The molecule has 0 saturated carbocycles. The molecule has 0 radical (unpaired) electrons. The topological polar surface area (TPSA) is 47.3 Å². The summed E-state index contributed by atoms with van der Waals surface area (Å²) in [6.45, 7) is 6.23. The van der Waals surface area contributed by atoms with Crippen molar-refractivity contribution >= 4 is 18.1 Å². The SMILES string of the molecule is Cc1cc(C)c(C)c(Oc2ccc(NN)cc2)c1.Cl. The molecule has 102 valence electrons. The monoisotopic (exact) mass is 278 g/mol. The summed E-state index contributed by atoms with van der Waals surface area (Å²) in [5.74, 6) is 7.04. The Balaban J connectivity index is 0.00000180. The van der Waals surface area contributed by atoms with Crippen molar-refractivity contribution in [3.8, 4) is 11.5 Å². The van der Waals surface area contributed by atoms with E-state index in [4.69, 9.17) is 10.6 Å². The molecule has 3 nitrogen and oxygen atoms in total. The van der Waals surface area contributed by atoms with Gasteiger partial charge >= 0.3 is 0 Å². The minimum Gasteiger partial charge on any atom is -0.457 e. The predicted octanol–water partition coefficient (Wildman–Crippen LogP) is 4.11. The average molecular weight is 279 g/mol. The first-order chi connectivity index (χ1) is 8.60. The lowest BCUT2D eigenvalue weighted by atomic mass is 10.1. The number of anilines is 1. The molecule has 0 aliphatic rings. The fraction of sp³-hybridized carbons (Fsp3) is 0.200. The number of hydrogen-bond acceptors (Lipinski definition) is 3. The third kappa shape index (κ3) is 3.63. The van der Waals surface area contributed by atoms with Crippen LogP contribution in [-0.4, -0.2) is 0 Å². The number of nitrogens with two attached hydrogens (primary N) is 1. The summed E-state index contributed by atoms with van der Waals surface area (Å²) in [5, 5.41) is 0. The summed E-state index contributed by atoms with van der Waals surface area (Å²) in [7, 11) is 0. The summed E-state index contributed by atoms with van der Waals surface area (Å²) in [6, 6.07) is 11.8. The maximum atomic E-state index is 5.90. The van der Waals surface area contributed by atoms with E-state index in [-0.39, 0.29) is 12.4 Å². The van der Waals surface area contributed by atoms with Crippen molar-refractivity contribution in [2.45, 2.75) is 20.8 Å². The van der Waals surface area contributed by atoms with Crippen molar-refractivity contribution < 1.29 is 4.74 Å². The Hall–Kier alpha value is -1.71. The molecule has 0 heterocycles. The fourth-order valence-electron chi connectivity index (χ4n) is 1.85. The maximum Gasteiger partial charge on any atom is 0.130 e. The largest absolute Gasteiger partial charge is 0.457 e. The lowest BCUT2D eigenvalue weighted by Crippen LogP contribution is -2.05. The molecule has 0 bridgehead atoms. The first kappa shape index (κ1) is 15.3. The first-order valence-corrected chi connectivity index (χ1v) is 5.92. The summed E-state index contributed by atoms with van der Waals surface area (Å²) in [4.78, 5) is 0. The van der Waals surface area contributed by atoms with Crippen molar-refractivity contribution in [2.75, 3.05) is 5.43 Å². The smallest absolute Gasteiger partial charge is 0.130 e. The summed E-state index contributed by atoms with van der Waals surface area (Å²) < 4.78 is 5.90. The van der Waals surface area contributed by atoms with Gasteiger partial charge in [-0.2, -0.15) is 0 Å². The molecule has 0 amide bonds. The van der Waals surface area contributed by atoms with Gasteiger partial charge in [-0.3, -0.25) is 5.84 Å². The second-order valence-electron chi connectivity index (χ2n) is 4.48. The van der Waals surface area contributed by atoms with Crippen molar-refractivity contribution in [3.05, 3.63) is 53.1 Å². The normalized spacial score (nSPS) is 9.68. The Morgan fingerprint density at radius 3 is 2.21 bits per heavy atom. The lowest BCUT2D eigenvalue weighted by molar-refractivity contribution is 0.478. The van der Waals surface area contributed by atoms with Gasteiger partial charge in [-0.05, 0) is 67.8 Å². The summed E-state index contributed by atoms with van der Waals surface area (Å²) in [5.41, 5.74) is 7.06. The van der Waals surface area contributed by atoms with E-state index in [2.05, 4.69) is 38.3 Å². The molecule has 2 aromatic rings. The van der Waals surface area contributed by atoms with Crippen LogP contribution in [-0.2, 0) is 0 Å². The molecular weight excluding hydrogens is 260 g/mol. The maximum absolute atomic E-state index is 5.90. The zero-order valence-corrected chi connectivity index (χ0v) is 12.2. The van der Waals surface area contributed by atoms with E-state index >= 15 is 0 Å². The summed E-state index contributed by atoms with van der Waals surface area (Å²) >= 11 is 0. The highest BCUT2D eigenvalue weighted by Gasteiger charge is 2.05. The molecule has 2 aromatic carbocycles. The highest BCUT2D eigenvalue weighted by atomic mass is 35.5. The van der Waals surface area contributed by atoms with E-state index in [9.17, 15) is 0 Å². The lowest BCUT2D eigenvalue weighted by Gasteiger charge is -2.12.